The normalized spacial score (nSPS) is 33.1. The lowest BCUT2D eigenvalue weighted by atomic mass is 9.73. The maximum atomic E-state index is 12.0. The fourth-order valence-corrected chi connectivity index (χ4v) is 3.15. The number of carbonyl (C=O) groups is 1. The zero-order chi connectivity index (χ0) is 13.9. The molecule has 1 saturated carbocycles. The molecule has 19 heavy (non-hydrogen) atoms. The topological polar surface area (TPSA) is 61.4 Å². The Bertz CT molecular complexity index is 352. The maximum absolute atomic E-state index is 12.0. The summed E-state index contributed by atoms with van der Waals surface area (Å²) in [5, 5.41) is 15.2. The van der Waals surface area contributed by atoms with Gasteiger partial charge in [-0.15, -0.1) is 0 Å². The Morgan fingerprint density at radius 1 is 1.32 bits per heavy atom. The van der Waals surface area contributed by atoms with Gasteiger partial charge in [0.2, 0.25) is 0 Å². The summed E-state index contributed by atoms with van der Waals surface area (Å²) in [7, 11) is 0. The Hall–Kier alpha value is -1.03. The molecule has 4 heteroatoms. The molecule has 0 heterocycles. The zero-order valence-electron chi connectivity index (χ0n) is 12.0. The summed E-state index contributed by atoms with van der Waals surface area (Å²) < 4.78 is 0. The molecule has 2 amide bonds. The average molecular weight is 266 g/mol. The van der Waals surface area contributed by atoms with Gasteiger partial charge in [0.1, 0.15) is 0 Å². The standard InChI is InChI=1S/C15H26N2O2/c1-15(2)8-4-3-5-13(15)17-14(19)16-12-7-6-11(9-12)10-18/h6-7,11-13,18H,3-5,8-10H2,1-2H3,(H2,16,17,19)/t11-,12+,13?/m0/s1. The number of amides is 2. The molecule has 2 aliphatic rings. The predicted molar refractivity (Wildman–Crippen MR) is 75.8 cm³/mol. The Morgan fingerprint density at radius 2 is 2.11 bits per heavy atom. The van der Waals surface area contributed by atoms with Crippen LogP contribution in [-0.4, -0.2) is 29.8 Å². The summed E-state index contributed by atoms with van der Waals surface area (Å²) in [6, 6.07) is 0.248. The molecular formula is C15H26N2O2. The second-order valence-corrected chi connectivity index (χ2v) is 6.57. The molecule has 0 aromatic rings. The molecule has 4 nitrogen and oxygen atoms in total. The van der Waals surface area contributed by atoms with Crippen molar-refractivity contribution in [2.24, 2.45) is 11.3 Å². The number of hydrogen-bond donors (Lipinski definition) is 3. The van der Waals surface area contributed by atoms with Crippen LogP contribution in [0.2, 0.25) is 0 Å². The third-order valence-electron chi connectivity index (χ3n) is 4.54. The Balaban J connectivity index is 1.80. The van der Waals surface area contributed by atoms with Gasteiger partial charge >= 0.3 is 6.03 Å². The molecule has 0 radical (unpaired) electrons. The van der Waals surface area contributed by atoms with Crippen molar-refractivity contribution in [3.8, 4) is 0 Å². The van der Waals surface area contributed by atoms with Crippen LogP contribution in [0.4, 0.5) is 4.79 Å². The van der Waals surface area contributed by atoms with Gasteiger partial charge in [0.15, 0.2) is 0 Å². The summed E-state index contributed by atoms with van der Waals surface area (Å²) >= 11 is 0. The van der Waals surface area contributed by atoms with Crippen molar-refractivity contribution in [3.05, 3.63) is 12.2 Å². The van der Waals surface area contributed by atoms with Gasteiger partial charge in [-0.3, -0.25) is 0 Å². The van der Waals surface area contributed by atoms with Gasteiger partial charge in [0.05, 0.1) is 0 Å². The van der Waals surface area contributed by atoms with Crippen LogP contribution >= 0.6 is 0 Å². The number of urea groups is 1. The van der Waals surface area contributed by atoms with E-state index in [4.69, 9.17) is 5.11 Å². The molecule has 0 saturated heterocycles. The van der Waals surface area contributed by atoms with E-state index >= 15 is 0 Å². The van der Waals surface area contributed by atoms with Gasteiger partial charge in [0.25, 0.3) is 0 Å². The van der Waals surface area contributed by atoms with Gasteiger partial charge in [-0.25, -0.2) is 4.79 Å². The second-order valence-electron chi connectivity index (χ2n) is 6.57. The summed E-state index contributed by atoms with van der Waals surface area (Å²) in [6.07, 6.45) is 9.47. The van der Waals surface area contributed by atoms with Gasteiger partial charge in [-0.1, -0.05) is 38.8 Å². The summed E-state index contributed by atoms with van der Waals surface area (Å²) in [4.78, 5) is 12.0. The van der Waals surface area contributed by atoms with E-state index in [1.165, 1.54) is 19.3 Å². The van der Waals surface area contributed by atoms with E-state index in [9.17, 15) is 4.79 Å². The molecule has 108 valence electrons. The fourth-order valence-electron chi connectivity index (χ4n) is 3.15. The SMILES string of the molecule is CC1(C)CCCCC1NC(=O)N[C@@H]1C=C[C@H](CO)C1. The Kier molecular flexibility index (Phi) is 4.50. The molecule has 0 aromatic heterocycles. The first-order valence-corrected chi connectivity index (χ1v) is 7.37. The van der Waals surface area contributed by atoms with E-state index in [0.717, 1.165) is 12.8 Å². The third-order valence-corrected chi connectivity index (χ3v) is 4.54. The van der Waals surface area contributed by atoms with Crippen LogP contribution in [-0.2, 0) is 0 Å². The Morgan fingerprint density at radius 3 is 2.74 bits per heavy atom. The van der Waals surface area contributed by atoms with E-state index in [0.29, 0.717) is 0 Å². The summed E-state index contributed by atoms with van der Waals surface area (Å²) in [5.41, 5.74) is 0.189. The van der Waals surface area contributed by atoms with Crippen LogP contribution in [0.15, 0.2) is 12.2 Å². The van der Waals surface area contributed by atoms with Crippen molar-refractivity contribution in [2.45, 2.75) is 58.0 Å². The highest BCUT2D eigenvalue weighted by molar-refractivity contribution is 5.75. The van der Waals surface area contributed by atoms with E-state index in [1.54, 1.807) is 0 Å². The quantitative estimate of drug-likeness (QED) is 0.686. The minimum Gasteiger partial charge on any atom is -0.396 e. The van der Waals surface area contributed by atoms with Gasteiger partial charge < -0.3 is 15.7 Å². The molecule has 3 atom stereocenters. The summed E-state index contributed by atoms with van der Waals surface area (Å²) in [5.74, 6) is 0.191. The van der Waals surface area contributed by atoms with Crippen molar-refractivity contribution in [2.75, 3.05) is 6.61 Å². The lowest BCUT2D eigenvalue weighted by Crippen LogP contribution is -2.51. The largest absolute Gasteiger partial charge is 0.396 e. The molecule has 0 aliphatic heterocycles. The maximum Gasteiger partial charge on any atom is 0.315 e. The van der Waals surface area contributed by atoms with Gasteiger partial charge in [-0.05, 0) is 24.7 Å². The van der Waals surface area contributed by atoms with Crippen LogP contribution < -0.4 is 10.6 Å². The monoisotopic (exact) mass is 266 g/mol. The Labute approximate surface area is 115 Å². The van der Waals surface area contributed by atoms with Gasteiger partial charge in [0, 0.05) is 24.6 Å². The first kappa shape index (κ1) is 14.4. The molecule has 2 rings (SSSR count). The summed E-state index contributed by atoms with van der Waals surface area (Å²) in [6.45, 7) is 4.62. The van der Waals surface area contributed by atoms with Crippen LogP contribution in [0.5, 0.6) is 0 Å². The first-order valence-electron chi connectivity index (χ1n) is 7.37. The fraction of sp³-hybridized carbons (Fsp3) is 0.800. The van der Waals surface area contributed by atoms with Crippen LogP contribution in [0.1, 0.15) is 46.0 Å². The van der Waals surface area contributed by atoms with Crippen LogP contribution in [0.3, 0.4) is 0 Å². The van der Waals surface area contributed by atoms with Crippen molar-refractivity contribution in [1.82, 2.24) is 10.6 Å². The van der Waals surface area contributed by atoms with Crippen LogP contribution in [0.25, 0.3) is 0 Å². The number of carbonyl (C=O) groups excluding carboxylic acids is 1. The van der Waals surface area contributed by atoms with Crippen molar-refractivity contribution >= 4 is 6.03 Å². The molecule has 3 N–H and O–H groups in total. The highest BCUT2D eigenvalue weighted by Crippen LogP contribution is 2.35. The number of aliphatic hydroxyl groups is 1. The van der Waals surface area contributed by atoms with Crippen molar-refractivity contribution in [3.63, 3.8) is 0 Å². The van der Waals surface area contributed by atoms with E-state index in [1.807, 2.05) is 12.2 Å². The molecule has 1 fully saturated rings. The molecule has 0 aromatic carbocycles. The van der Waals surface area contributed by atoms with Crippen LogP contribution in [0, 0.1) is 11.3 Å². The number of rotatable bonds is 3. The highest BCUT2D eigenvalue weighted by Gasteiger charge is 2.33. The van der Waals surface area contributed by atoms with E-state index in [2.05, 4.69) is 24.5 Å². The lowest BCUT2D eigenvalue weighted by Gasteiger charge is -2.39. The van der Waals surface area contributed by atoms with E-state index in [-0.39, 0.29) is 36.1 Å². The second kappa shape index (κ2) is 5.95. The number of aliphatic hydroxyl groups excluding tert-OH is 1. The minimum absolute atomic E-state index is 0.0591. The molecule has 0 bridgehead atoms. The van der Waals surface area contributed by atoms with Crippen molar-refractivity contribution < 1.29 is 9.90 Å². The molecular weight excluding hydrogens is 240 g/mol. The molecule has 2 aliphatic carbocycles. The minimum atomic E-state index is -0.0757. The van der Waals surface area contributed by atoms with Crippen molar-refractivity contribution in [1.29, 1.82) is 0 Å². The molecule has 1 unspecified atom stereocenters. The molecule has 0 spiro atoms. The highest BCUT2D eigenvalue weighted by atomic mass is 16.3. The van der Waals surface area contributed by atoms with Gasteiger partial charge in [-0.2, -0.15) is 0 Å². The lowest BCUT2D eigenvalue weighted by molar-refractivity contribution is 0.165. The third kappa shape index (κ3) is 3.72. The van der Waals surface area contributed by atoms with E-state index < -0.39 is 0 Å². The first-order chi connectivity index (χ1) is 9.01. The smallest absolute Gasteiger partial charge is 0.315 e. The number of hydrogen-bond acceptors (Lipinski definition) is 2. The average Bonchev–Trinajstić information content (AvgIpc) is 2.79. The predicted octanol–water partition coefficient (Wildman–Crippen LogP) is 2.19. The zero-order valence-corrected chi connectivity index (χ0v) is 12.0. The number of nitrogens with one attached hydrogen (secondary N) is 2.